The Bertz CT molecular complexity index is 938. The number of alkyl halides is 3. The summed E-state index contributed by atoms with van der Waals surface area (Å²) < 4.78 is 49.7. The van der Waals surface area contributed by atoms with Crippen molar-refractivity contribution in [1.82, 2.24) is 24.6 Å². The molecule has 0 aliphatic heterocycles. The summed E-state index contributed by atoms with van der Waals surface area (Å²) in [7, 11) is 1.58. The van der Waals surface area contributed by atoms with Crippen molar-refractivity contribution in [3.63, 3.8) is 0 Å². The van der Waals surface area contributed by atoms with Crippen LogP contribution in [0, 0.1) is 0 Å². The van der Waals surface area contributed by atoms with E-state index in [0.717, 1.165) is 6.92 Å². The molecule has 0 N–H and O–H groups in total. The fourth-order valence-corrected chi connectivity index (χ4v) is 2.30. The molecule has 0 fully saturated rings. The van der Waals surface area contributed by atoms with Gasteiger partial charge in [0.15, 0.2) is 17.6 Å². The standard InChI is InChI=1S/C17H18F3N5O2/c1-10(17(18,19)20)27-14-6-5-11(7-22-14)12-9-25-13(8-21-12)23-24-15(25)16(2,3)26-4/h5-10H,1-4H3/t10-/m0/s1. The number of pyridine rings is 1. The van der Waals surface area contributed by atoms with Crippen molar-refractivity contribution in [1.29, 1.82) is 0 Å². The number of fused-ring (bicyclic) bond motifs is 1. The predicted molar refractivity (Wildman–Crippen MR) is 90.2 cm³/mol. The van der Waals surface area contributed by atoms with Gasteiger partial charge in [0.25, 0.3) is 0 Å². The average molecular weight is 381 g/mol. The molecule has 3 heterocycles. The minimum Gasteiger partial charge on any atom is -0.465 e. The maximum absolute atomic E-state index is 12.6. The zero-order valence-corrected chi connectivity index (χ0v) is 15.2. The van der Waals surface area contributed by atoms with E-state index in [1.165, 1.54) is 12.3 Å². The maximum Gasteiger partial charge on any atom is 0.425 e. The third kappa shape index (κ3) is 3.85. The molecule has 1 atom stereocenters. The molecule has 10 heteroatoms. The molecular formula is C17H18F3N5O2. The third-order valence-corrected chi connectivity index (χ3v) is 4.13. The molecule has 0 aromatic carbocycles. The minimum atomic E-state index is -4.45. The molecule has 3 aromatic heterocycles. The van der Waals surface area contributed by atoms with Crippen molar-refractivity contribution in [2.75, 3.05) is 7.11 Å². The Morgan fingerprint density at radius 1 is 1.07 bits per heavy atom. The normalized spacial score (nSPS) is 13.7. The summed E-state index contributed by atoms with van der Waals surface area (Å²) in [6.07, 6.45) is -1.72. The van der Waals surface area contributed by atoms with Gasteiger partial charge < -0.3 is 9.47 Å². The summed E-state index contributed by atoms with van der Waals surface area (Å²) in [5, 5.41) is 8.21. The van der Waals surface area contributed by atoms with E-state index in [2.05, 4.69) is 20.2 Å². The van der Waals surface area contributed by atoms with Gasteiger partial charge in [-0.2, -0.15) is 13.2 Å². The number of nitrogens with zero attached hydrogens (tertiary/aromatic N) is 5. The highest BCUT2D eigenvalue weighted by Gasteiger charge is 2.38. The lowest BCUT2D eigenvalue weighted by atomic mass is 10.1. The highest BCUT2D eigenvalue weighted by atomic mass is 19.4. The number of halogens is 3. The van der Waals surface area contributed by atoms with E-state index < -0.39 is 17.9 Å². The van der Waals surface area contributed by atoms with Gasteiger partial charge in [-0.3, -0.25) is 9.38 Å². The SMILES string of the molecule is COC(C)(C)c1nnc2cnc(-c3ccc(O[C@@H](C)C(F)(F)F)nc3)cn12. The second kappa shape index (κ2) is 6.76. The summed E-state index contributed by atoms with van der Waals surface area (Å²) in [5.74, 6) is 0.478. The Morgan fingerprint density at radius 3 is 2.41 bits per heavy atom. The predicted octanol–water partition coefficient (Wildman–Crippen LogP) is 3.40. The van der Waals surface area contributed by atoms with Crippen LogP contribution in [-0.4, -0.2) is 44.0 Å². The van der Waals surface area contributed by atoms with Crippen molar-refractivity contribution in [3.05, 3.63) is 36.5 Å². The molecule has 0 bridgehead atoms. The quantitative estimate of drug-likeness (QED) is 0.674. The van der Waals surface area contributed by atoms with Gasteiger partial charge in [-0.05, 0) is 26.8 Å². The zero-order valence-electron chi connectivity index (χ0n) is 15.2. The summed E-state index contributed by atoms with van der Waals surface area (Å²) in [5.41, 5.74) is 1.05. The van der Waals surface area contributed by atoms with Gasteiger partial charge >= 0.3 is 6.18 Å². The molecule has 3 rings (SSSR count). The van der Waals surface area contributed by atoms with Gasteiger partial charge in [-0.1, -0.05) is 0 Å². The number of ether oxygens (including phenoxy) is 2. The highest BCUT2D eigenvalue weighted by Crippen LogP contribution is 2.26. The number of hydrogen-bond acceptors (Lipinski definition) is 6. The fourth-order valence-electron chi connectivity index (χ4n) is 2.30. The molecule has 0 unspecified atom stereocenters. The number of hydrogen-bond donors (Lipinski definition) is 0. The Hall–Kier alpha value is -2.75. The minimum absolute atomic E-state index is 0.116. The van der Waals surface area contributed by atoms with Gasteiger partial charge in [-0.15, -0.1) is 10.2 Å². The van der Waals surface area contributed by atoms with E-state index in [-0.39, 0.29) is 5.88 Å². The summed E-state index contributed by atoms with van der Waals surface area (Å²) >= 11 is 0. The van der Waals surface area contributed by atoms with E-state index >= 15 is 0 Å². The van der Waals surface area contributed by atoms with Crippen molar-refractivity contribution < 1.29 is 22.6 Å². The molecule has 0 saturated heterocycles. The van der Waals surface area contributed by atoms with Crippen molar-refractivity contribution in [3.8, 4) is 17.1 Å². The van der Waals surface area contributed by atoms with Crippen LogP contribution >= 0.6 is 0 Å². The Balaban J connectivity index is 1.90. The van der Waals surface area contributed by atoms with Crippen molar-refractivity contribution >= 4 is 5.65 Å². The largest absolute Gasteiger partial charge is 0.465 e. The topological polar surface area (TPSA) is 74.4 Å². The van der Waals surface area contributed by atoms with Crippen LogP contribution in [-0.2, 0) is 10.3 Å². The number of methoxy groups -OCH3 is 1. The molecule has 0 saturated carbocycles. The first-order valence-corrected chi connectivity index (χ1v) is 8.08. The Labute approximate surface area is 153 Å². The molecule has 3 aromatic rings. The Morgan fingerprint density at radius 2 is 1.81 bits per heavy atom. The lowest BCUT2D eigenvalue weighted by molar-refractivity contribution is -0.189. The molecule has 0 spiro atoms. The highest BCUT2D eigenvalue weighted by molar-refractivity contribution is 5.59. The Kier molecular flexibility index (Phi) is 4.77. The molecule has 0 amide bonds. The van der Waals surface area contributed by atoms with E-state index in [1.54, 1.807) is 30.0 Å². The molecular weight excluding hydrogens is 363 g/mol. The van der Waals surface area contributed by atoms with Gasteiger partial charge in [-0.25, -0.2) is 4.98 Å². The summed E-state index contributed by atoms with van der Waals surface area (Å²) in [6.45, 7) is 4.65. The molecule has 144 valence electrons. The fraction of sp³-hybridized carbons (Fsp3) is 0.412. The van der Waals surface area contributed by atoms with Gasteiger partial charge in [0.2, 0.25) is 5.88 Å². The monoisotopic (exact) mass is 381 g/mol. The number of aromatic nitrogens is 5. The molecule has 27 heavy (non-hydrogen) atoms. The zero-order chi connectivity index (χ0) is 19.8. The number of rotatable bonds is 5. The van der Waals surface area contributed by atoms with Crippen LogP contribution in [0.15, 0.2) is 30.7 Å². The lowest BCUT2D eigenvalue weighted by Gasteiger charge is -2.20. The first-order chi connectivity index (χ1) is 12.6. The van der Waals surface area contributed by atoms with Crippen LogP contribution < -0.4 is 4.74 Å². The van der Waals surface area contributed by atoms with Crippen LogP contribution in [0.4, 0.5) is 13.2 Å². The summed E-state index contributed by atoms with van der Waals surface area (Å²) in [6, 6.07) is 2.96. The van der Waals surface area contributed by atoms with E-state index in [1.807, 2.05) is 13.8 Å². The average Bonchev–Trinajstić information content (AvgIpc) is 3.05. The van der Waals surface area contributed by atoms with Crippen LogP contribution in [0.1, 0.15) is 26.6 Å². The van der Waals surface area contributed by atoms with E-state index in [4.69, 9.17) is 9.47 Å². The maximum atomic E-state index is 12.6. The van der Waals surface area contributed by atoms with E-state index in [9.17, 15) is 13.2 Å². The first-order valence-electron chi connectivity index (χ1n) is 8.08. The van der Waals surface area contributed by atoms with Gasteiger partial charge in [0.1, 0.15) is 5.60 Å². The molecule has 7 nitrogen and oxygen atoms in total. The molecule has 0 aliphatic carbocycles. The van der Waals surface area contributed by atoms with Gasteiger partial charge in [0, 0.05) is 31.1 Å². The molecule has 0 radical (unpaired) electrons. The van der Waals surface area contributed by atoms with Crippen molar-refractivity contribution in [2.45, 2.75) is 38.7 Å². The van der Waals surface area contributed by atoms with Crippen molar-refractivity contribution in [2.24, 2.45) is 0 Å². The van der Waals surface area contributed by atoms with E-state index in [0.29, 0.717) is 22.7 Å². The third-order valence-electron chi connectivity index (χ3n) is 4.13. The lowest BCUT2D eigenvalue weighted by Crippen LogP contribution is -2.31. The van der Waals surface area contributed by atoms with Crippen LogP contribution in [0.2, 0.25) is 0 Å². The van der Waals surface area contributed by atoms with Gasteiger partial charge in [0.05, 0.1) is 11.9 Å². The smallest absolute Gasteiger partial charge is 0.425 e. The summed E-state index contributed by atoms with van der Waals surface area (Å²) in [4.78, 5) is 8.24. The van der Waals surface area contributed by atoms with Crippen LogP contribution in [0.5, 0.6) is 5.88 Å². The van der Waals surface area contributed by atoms with Crippen LogP contribution in [0.3, 0.4) is 0 Å². The second-order valence-corrected chi connectivity index (χ2v) is 6.43. The first kappa shape index (κ1) is 19.0. The molecule has 0 aliphatic rings. The van der Waals surface area contributed by atoms with Crippen LogP contribution in [0.25, 0.3) is 16.9 Å². The second-order valence-electron chi connectivity index (χ2n) is 6.43.